The molecule has 57 valence electrons. The summed E-state index contributed by atoms with van der Waals surface area (Å²) in [5, 5.41) is 0. The standard InChI is InChI=1S/C8H5Br2O/c1-5(11)6-2-3-7(9)8(10)4-6/h2-4H,1H2. The van der Waals surface area contributed by atoms with Crippen molar-refractivity contribution in [2.45, 2.75) is 0 Å². The average Bonchev–Trinajstić information content (AvgIpc) is 1.94. The van der Waals surface area contributed by atoms with E-state index in [2.05, 4.69) is 38.8 Å². The van der Waals surface area contributed by atoms with Gasteiger partial charge in [0.25, 0.3) is 0 Å². The van der Waals surface area contributed by atoms with Crippen molar-refractivity contribution in [3.63, 3.8) is 0 Å². The number of rotatable bonds is 1. The van der Waals surface area contributed by atoms with Crippen LogP contribution in [0, 0.1) is 6.92 Å². The van der Waals surface area contributed by atoms with Gasteiger partial charge in [-0.25, -0.2) is 0 Å². The second kappa shape index (κ2) is 3.50. The highest BCUT2D eigenvalue weighted by atomic mass is 79.9. The van der Waals surface area contributed by atoms with E-state index >= 15 is 0 Å². The van der Waals surface area contributed by atoms with Crippen LogP contribution in [0.25, 0.3) is 0 Å². The normalized spacial score (nSPS) is 9.73. The first-order valence-electron chi connectivity index (χ1n) is 2.92. The summed E-state index contributed by atoms with van der Waals surface area (Å²) in [7, 11) is 0. The molecule has 0 unspecified atom stereocenters. The van der Waals surface area contributed by atoms with Gasteiger partial charge in [0.1, 0.15) is 0 Å². The summed E-state index contributed by atoms with van der Waals surface area (Å²) in [6.07, 6.45) is 0. The molecular formula is C8H5Br2O. The maximum Gasteiger partial charge on any atom is 0.163 e. The summed E-state index contributed by atoms with van der Waals surface area (Å²) in [5.74, 6) is -0.168. The van der Waals surface area contributed by atoms with E-state index in [9.17, 15) is 4.79 Å². The van der Waals surface area contributed by atoms with E-state index in [4.69, 9.17) is 0 Å². The van der Waals surface area contributed by atoms with Crippen LogP contribution < -0.4 is 0 Å². The molecule has 1 nitrogen and oxygen atoms in total. The first-order chi connectivity index (χ1) is 5.11. The van der Waals surface area contributed by atoms with E-state index < -0.39 is 0 Å². The lowest BCUT2D eigenvalue weighted by atomic mass is 10.2. The molecule has 0 amide bonds. The highest BCUT2D eigenvalue weighted by molar-refractivity contribution is 9.13. The van der Waals surface area contributed by atoms with Gasteiger partial charge in [0, 0.05) is 21.4 Å². The van der Waals surface area contributed by atoms with E-state index in [0.29, 0.717) is 5.56 Å². The molecule has 0 atom stereocenters. The lowest BCUT2D eigenvalue weighted by molar-refractivity contribution is 0.104. The molecule has 0 aliphatic rings. The fourth-order valence-corrected chi connectivity index (χ4v) is 1.29. The Balaban J connectivity index is 3.15. The van der Waals surface area contributed by atoms with Crippen LogP contribution in [-0.4, -0.2) is 5.78 Å². The fourth-order valence-electron chi connectivity index (χ4n) is 0.670. The quantitative estimate of drug-likeness (QED) is 0.720. The third kappa shape index (κ3) is 2.14. The van der Waals surface area contributed by atoms with Gasteiger partial charge < -0.3 is 0 Å². The summed E-state index contributed by atoms with van der Waals surface area (Å²) >= 11 is 6.59. The van der Waals surface area contributed by atoms with Gasteiger partial charge in [-0.1, -0.05) is 6.07 Å². The van der Waals surface area contributed by atoms with E-state index in [1.54, 1.807) is 12.1 Å². The number of halogens is 2. The van der Waals surface area contributed by atoms with Crippen molar-refractivity contribution < 1.29 is 4.79 Å². The Kier molecular flexibility index (Phi) is 2.84. The second-order valence-electron chi connectivity index (χ2n) is 2.05. The molecule has 0 aliphatic heterocycles. The minimum Gasteiger partial charge on any atom is -0.294 e. The number of carbonyl (C=O) groups is 1. The van der Waals surface area contributed by atoms with Crippen LogP contribution in [0.15, 0.2) is 27.1 Å². The molecule has 0 saturated heterocycles. The third-order valence-corrected chi connectivity index (χ3v) is 3.12. The minimum absolute atomic E-state index is 0.168. The van der Waals surface area contributed by atoms with Gasteiger partial charge in [-0.3, -0.25) is 4.79 Å². The van der Waals surface area contributed by atoms with E-state index in [1.807, 2.05) is 6.07 Å². The minimum atomic E-state index is -0.168. The zero-order chi connectivity index (χ0) is 8.43. The SMILES string of the molecule is [CH2]C(=O)c1ccc(Br)c(Br)c1. The molecule has 0 bridgehead atoms. The average molecular weight is 277 g/mol. The van der Waals surface area contributed by atoms with Crippen molar-refractivity contribution in [1.29, 1.82) is 0 Å². The Bertz CT molecular complexity index is 294. The summed E-state index contributed by atoms with van der Waals surface area (Å²) in [6.45, 7) is 3.30. The van der Waals surface area contributed by atoms with E-state index in [0.717, 1.165) is 8.95 Å². The molecule has 0 aliphatic carbocycles. The Labute approximate surface area is 82.1 Å². The van der Waals surface area contributed by atoms with Crippen molar-refractivity contribution in [2.24, 2.45) is 0 Å². The van der Waals surface area contributed by atoms with Crippen LogP contribution in [-0.2, 0) is 0 Å². The largest absolute Gasteiger partial charge is 0.294 e. The molecule has 1 radical (unpaired) electrons. The first kappa shape index (κ1) is 8.94. The van der Waals surface area contributed by atoms with Crippen LogP contribution in [0.1, 0.15) is 10.4 Å². The summed E-state index contributed by atoms with van der Waals surface area (Å²) in [6, 6.07) is 5.27. The molecule has 0 N–H and O–H groups in total. The number of carbonyl (C=O) groups excluding carboxylic acids is 1. The van der Waals surface area contributed by atoms with Crippen LogP contribution in [0.2, 0.25) is 0 Å². The van der Waals surface area contributed by atoms with Gasteiger partial charge >= 0.3 is 0 Å². The second-order valence-corrected chi connectivity index (χ2v) is 3.76. The molecule has 0 aromatic heterocycles. The van der Waals surface area contributed by atoms with Gasteiger partial charge in [0.15, 0.2) is 5.78 Å². The molecule has 0 fully saturated rings. The first-order valence-corrected chi connectivity index (χ1v) is 4.51. The molecule has 11 heavy (non-hydrogen) atoms. The monoisotopic (exact) mass is 275 g/mol. The predicted molar refractivity (Wildman–Crippen MR) is 51.5 cm³/mol. The lowest BCUT2D eigenvalue weighted by Gasteiger charge is -1.97. The number of Topliss-reactive ketones (excluding diaryl/α,β-unsaturated/α-hetero) is 1. The lowest BCUT2D eigenvalue weighted by Crippen LogP contribution is -1.91. The van der Waals surface area contributed by atoms with Crippen LogP contribution in [0.5, 0.6) is 0 Å². The molecule has 1 aromatic rings. The summed E-state index contributed by atoms with van der Waals surface area (Å²) in [4.78, 5) is 10.8. The number of hydrogen-bond donors (Lipinski definition) is 0. The topological polar surface area (TPSA) is 17.1 Å². The Morgan fingerprint density at radius 2 is 1.91 bits per heavy atom. The summed E-state index contributed by atoms with van der Waals surface area (Å²) < 4.78 is 1.80. The van der Waals surface area contributed by atoms with Crippen molar-refractivity contribution in [3.8, 4) is 0 Å². The van der Waals surface area contributed by atoms with Gasteiger partial charge in [0.2, 0.25) is 0 Å². The number of benzene rings is 1. The van der Waals surface area contributed by atoms with Crippen LogP contribution in [0.3, 0.4) is 0 Å². The molecule has 0 heterocycles. The number of ketones is 1. The molecule has 0 saturated carbocycles. The maximum absolute atomic E-state index is 10.8. The number of hydrogen-bond acceptors (Lipinski definition) is 1. The van der Waals surface area contributed by atoms with E-state index in [-0.39, 0.29) is 5.78 Å². The maximum atomic E-state index is 10.8. The fraction of sp³-hybridized carbons (Fsp3) is 0. The third-order valence-electron chi connectivity index (χ3n) is 1.24. The Hall–Kier alpha value is -0.150. The smallest absolute Gasteiger partial charge is 0.163 e. The highest BCUT2D eigenvalue weighted by Gasteiger charge is 2.01. The molecule has 1 rings (SSSR count). The zero-order valence-electron chi connectivity index (χ0n) is 5.60. The van der Waals surface area contributed by atoms with Crippen molar-refractivity contribution in [1.82, 2.24) is 0 Å². The van der Waals surface area contributed by atoms with E-state index in [1.165, 1.54) is 0 Å². The zero-order valence-corrected chi connectivity index (χ0v) is 8.78. The van der Waals surface area contributed by atoms with Crippen LogP contribution >= 0.6 is 31.9 Å². The van der Waals surface area contributed by atoms with Crippen molar-refractivity contribution >= 4 is 37.6 Å². The predicted octanol–water partition coefficient (Wildman–Crippen LogP) is 3.23. The van der Waals surface area contributed by atoms with Gasteiger partial charge in [-0.15, -0.1) is 0 Å². The molecule has 3 heteroatoms. The van der Waals surface area contributed by atoms with Gasteiger partial charge in [-0.2, -0.15) is 0 Å². The Morgan fingerprint density at radius 1 is 1.27 bits per heavy atom. The van der Waals surface area contributed by atoms with Crippen LogP contribution in [0.4, 0.5) is 0 Å². The summed E-state index contributed by atoms with van der Waals surface area (Å²) in [5.41, 5.74) is 0.611. The molecule has 0 spiro atoms. The van der Waals surface area contributed by atoms with Gasteiger partial charge in [0.05, 0.1) is 0 Å². The molecular weight excluding hydrogens is 272 g/mol. The van der Waals surface area contributed by atoms with Crippen molar-refractivity contribution in [3.05, 3.63) is 39.6 Å². The highest BCUT2D eigenvalue weighted by Crippen LogP contribution is 2.23. The van der Waals surface area contributed by atoms with Gasteiger partial charge in [-0.05, 0) is 44.0 Å². The molecule has 1 aromatic carbocycles. The van der Waals surface area contributed by atoms with Crippen molar-refractivity contribution in [2.75, 3.05) is 0 Å². The Morgan fingerprint density at radius 3 is 2.36 bits per heavy atom.